The molecular formula is C22H24FN5O2. The maximum atomic E-state index is 13.2. The topological polar surface area (TPSA) is 91.5 Å². The van der Waals surface area contributed by atoms with Crippen LogP contribution in [-0.2, 0) is 17.8 Å². The minimum atomic E-state index is -0.347. The van der Waals surface area contributed by atoms with Crippen molar-refractivity contribution in [1.29, 1.82) is 0 Å². The van der Waals surface area contributed by atoms with Gasteiger partial charge in [0.15, 0.2) is 5.96 Å². The molecule has 0 aliphatic carbocycles. The second kappa shape index (κ2) is 10.8. The van der Waals surface area contributed by atoms with Crippen LogP contribution < -0.4 is 16.0 Å². The van der Waals surface area contributed by atoms with Gasteiger partial charge in [0.25, 0.3) is 0 Å². The average molecular weight is 409 g/mol. The van der Waals surface area contributed by atoms with Crippen LogP contribution in [0.2, 0.25) is 0 Å². The molecule has 1 aromatic heterocycles. The van der Waals surface area contributed by atoms with Crippen molar-refractivity contribution in [3.05, 3.63) is 77.9 Å². The van der Waals surface area contributed by atoms with Gasteiger partial charge in [0, 0.05) is 25.7 Å². The lowest BCUT2D eigenvalue weighted by Crippen LogP contribution is -2.41. The van der Waals surface area contributed by atoms with Gasteiger partial charge in [0.05, 0.1) is 18.7 Å². The fraction of sp³-hybridized carbons (Fsp3) is 0.227. The molecule has 0 aliphatic rings. The zero-order chi connectivity index (χ0) is 21.2. The van der Waals surface area contributed by atoms with Gasteiger partial charge in [-0.15, -0.1) is 0 Å². The second-order valence-electron chi connectivity index (χ2n) is 6.52. The van der Waals surface area contributed by atoms with E-state index in [0.29, 0.717) is 37.0 Å². The van der Waals surface area contributed by atoms with E-state index in [0.717, 1.165) is 11.3 Å². The van der Waals surface area contributed by atoms with Crippen molar-refractivity contribution in [3.63, 3.8) is 0 Å². The molecule has 1 amide bonds. The minimum Gasteiger partial charge on any atom is -0.444 e. The number of oxazole rings is 1. The lowest BCUT2D eigenvalue weighted by atomic mass is 10.1. The number of benzene rings is 2. The number of carbonyl (C=O) groups excluding carboxylic acids is 1. The third-order valence-corrected chi connectivity index (χ3v) is 4.23. The molecule has 30 heavy (non-hydrogen) atoms. The number of carbonyl (C=O) groups is 1. The van der Waals surface area contributed by atoms with Crippen molar-refractivity contribution >= 4 is 11.9 Å². The third-order valence-electron chi connectivity index (χ3n) is 4.23. The summed E-state index contributed by atoms with van der Waals surface area (Å²) in [6.07, 6.45) is 1.75. The van der Waals surface area contributed by atoms with Crippen LogP contribution in [0.15, 0.2) is 70.3 Å². The Balaban J connectivity index is 1.37. The van der Waals surface area contributed by atoms with Crippen LogP contribution in [0.5, 0.6) is 0 Å². The monoisotopic (exact) mass is 409 g/mol. The van der Waals surface area contributed by atoms with E-state index in [1.54, 1.807) is 25.4 Å². The quantitative estimate of drug-likeness (QED) is 0.302. The van der Waals surface area contributed by atoms with E-state index in [4.69, 9.17) is 4.42 Å². The molecule has 3 N–H and O–H groups in total. The Kier molecular flexibility index (Phi) is 7.54. The van der Waals surface area contributed by atoms with Gasteiger partial charge in [0.1, 0.15) is 12.1 Å². The number of hydrogen-bond acceptors (Lipinski definition) is 4. The first-order valence-electron chi connectivity index (χ1n) is 9.59. The van der Waals surface area contributed by atoms with Gasteiger partial charge in [-0.2, -0.15) is 0 Å². The van der Waals surface area contributed by atoms with Crippen molar-refractivity contribution in [2.24, 2.45) is 4.99 Å². The molecule has 0 aliphatic heterocycles. The first-order chi connectivity index (χ1) is 14.6. The number of hydrogen-bond donors (Lipinski definition) is 3. The zero-order valence-electron chi connectivity index (χ0n) is 16.7. The molecular weight excluding hydrogens is 385 g/mol. The zero-order valence-corrected chi connectivity index (χ0v) is 16.7. The SMILES string of the molecule is CN=C(NCCNC(=O)Cc1cccc(F)c1)NCc1coc(-c2ccccc2)n1. The van der Waals surface area contributed by atoms with Crippen LogP contribution in [-0.4, -0.2) is 37.0 Å². The number of guanidine groups is 1. The standard InChI is InChI=1S/C22H24FN5O2/c1-24-22(26-11-10-25-20(29)13-16-6-5-9-18(23)12-16)27-14-19-15-30-21(28-19)17-7-3-2-4-8-17/h2-9,12,15H,10-11,13-14H2,1H3,(H,25,29)(H2,24,26,27). The Hall–Kier alpha value is -3.68. The van der Waals surface area contributed by atoms with Gasteiger partial charge in [-0.1, -0.05) is 30.3 Å². The average Bonchev–Trinajstić information content (AvgIpc) is 3.23. The molecule has 7 nitrogen and oxygen atoms in total. The fourth-order valence-electron chi connectivity index (χ4n) is 2.77. The van der Waals surface area contributed by atoms with Crippen LogP contribution in [0.1, 0.15) is 11.3 Å². The van der Waals surface area contributed by atoms with E-state index in [1.807, 2.05) is 30.3 Å². The number of nitrogens with one attached hydrogen (secondary N) is 3. The lowest BCUT2D eigenvalue weighted by Gasteiger charge is -2.11. The van der Waals surface area contributed by atoms with E-state index in [9.17, 15) is 9.18 Å². The predicted molar refractivity (Wildman–Crippen MR) is 113 cm³/mol. The van der Waals surface area contributed by atoms with Gasteiger partial charge >= 0.3 is 0 Å². The molecule has 156 valence electrons. The summed E-state index contributed by atoms with van der Waals surface area (Å²) in [6.45, 7) is 1.35. The summed E-state index contributed by atoms with van der Waals surface area (Å²) in [7, 11) is 1.66. The van der Waals surface area contributed by atoms with Crippen molar-refractivity contribution < 1.29 is 13.6 Å². The Morgan fingerprint density at radius 1 is 1.07 bits per heavy atom. The highest BCUT2D eigenvalue weighted by molar-refractivity contribution is 5.80. The van der Waals surface area contributed by atoms with Crippen LogP contribution >= 0.6 is 0 Å². The molecule has 2 aromatic carbocycles. The summed E-state index contributed by atoms with van der Waals surface area (Å²) in [5.41, 5.74) is 2.31. The highest BCUT2D eigenvalue weighted by Gasteiger charge is 2.07. The summed E-state index contributed by atoms with van der Waals surface area (Å²) in [5, 5.41) is 9.05. The predicted octanol–water partition coefficient (Wildman–Crippen LogP) is 2.50. The Bertz CT molecular complexity index is 988. The molecule has 3 aromatic rings. The summed E-state index contributed by atoms with van der Waals surface area (Å²) in [6, 6.07) is 15.7. The van der Waals surface area contributed by atoms with Crippen molar-refractivity contribution in [2.75, 3.05) is 20.1 Å². The van der Waals surface area contributed by atoms with Crippen molar-refractivity contribution in [3.8, 4) is 11.5 Å². The van der Waals surface area contributed by atoms with Crippen LogP contribution in [0.4, 0.5) is 4.39 Å². The van der Waals surface area contributed by atoms with Crippen LogP contribution in [0.25, 0.3) is 11.5 Å². The Morgan fingerprint density at radius 3 is 2.63 bits per heavy atom. The minimum absolute atomic E-state index is 0.140. The summed E-state index contributed by atoms with van der Waals surface area (Å²) in [5.74, 6) is 0.635. The van der Waals surface area contributed by atoms with Gasteiger partial charge < -0.3 is 20.4 Å². The smallest absolute Gasteiger partial charge is 0.226 e. The molecule has 0 fully saturated rings. The van der Waals surface area contributed by atoms with Crippen LogP contribution in [0.3, 0.4) is 0 Å². The molecule has 0 spiro atoms. The van der Waals surface area contributed by atoms with Gasteiger partial charge in [-0.3, -0.25) is 9.79 Å². The van der Waals surface area contributed by atoms with E-state index in [1.165, 1.54) is 12.1 Å². The Labute approximate surface area is 174 Å². The van der Waals surface area contributed by atoms with E-state index in [2.05, 4.69) is 25.9 Å². The van der Waals surface area contributed by atoms with Gasteiger partial charge in [-0.25, -0.2) is 9.37 Å². The number of rotatable bonds is 8. The first-order valence-corrected chi connectivity index (χ1v) is 9.59. The maximum Gasteiger partial charge on any atom is 0.226 e. The number of halogens is 1. The molecule has 0 atom stereocenters. The van der Waals surface area contributed by atoms with Crippen molar-refractivity contribution in [2.45, 2.75) is 13.0 Å². The maximum absolute atomic E-state index is 13.2. The fourth-order valence-corrected chi connectivity index (χ4v) is 2.77. The van der Waals surface area contributed by atoms with E-state index in [-0.39, 0.29) is 18.1 Å². The summed E-state index contributed by atoms with van der Waals surface area (Å²) >= 11 is 0. The summed E-state index contributed by atoms with van der Waals surface area (Å²) < 4.78 is 18.7. The Morgan fingerprint density at radius 2 is 1.87 bits per heavy atom. The lowest BCUT2D eigenvalue weighted by molar-refractivity contribution is -0.120. The normalized spacial score (nSPS) is 11.2. The number of aliphatic imine (C=N–C) groups is 1. The van der Waals surface area contributed by atoms with Crippen molar-refractivity contribution in [1.82, 2.24) is 20.9 Å². The van der Waals surface area contributed by atoms with E-state index >= 15 is 0 Å². The molecule has 0 radical (unpaired) electrons. The highest BCUT2D eigenvalue weighted by Crippen LogP contribution is 2.17. The molecule has 8 heteroatoms. The molecule has 1 heterocycles. The first kappa shape index (κ1) is 21.0. The molecule has 3 rings (SSSR count). The third kappa shape index (κ3) is 6.44. The number of aromatic nitrogens is 1. The number of amides is 1. The second-order valence-corrected chi connectivity index (χ2v) is 6.52. The van der Waals surface area contributed by atoms with Crippen LogP contribution in [0, 0.1) is 5.82 Å². The van der Waals surface area contributed by atoms with Gasteiger partial charge in [-0.05, 0) is 29.8 Å². The largest absolute Gasteiger partial charge is 0.444 e. The van der Waals surface area contributed by atoms with E-state index < -0.39 is 0 Å². The molecule has 0 bridgehead atoms. The highest BCUT2D eigenvalue weighted by atomic mass is 19.1. The molecule has 0 saturated carbocycles. The van der Waals surface area contributed by atoms with Gasteiger partial charge in [0.2, 0.25) is 11.8 Å². The molecule has 0 unspecified atom stereocenters. The summed E-state index contributed by atoms with van der Waals surface area (Å²) in [4.78, 5) is 20.5. The molecule has 0 saturated heterocycles. The number of nitrogens with zero attached hydrogens (tertiary/aromatic N) is 2.